The van der Waals surface area contributed by atoms with Crippen molar-refractivity contribution in [2.75, 3.05) is 16.8 Å². The van der Waals surface area contributed by atoms with Gasteiger partial charge in [0.05, 0.1) is 12.2 Å². The SMILES string of the molecule is O=C(Nc1cnn2ccc(N3CCCC3c3cc(F)ccc3F)nc12)C1(C(F)(F)F)CC1. The summed E-state index contributed by atoms with van der Waals surface area (Å²) in [4.78, 5) is 18.6. The molecule has 1 aliphatic heterocycles. The van der Waals surface area contributed by atoms with E-state index in [-0.39, 0.29) is 29.7 Å². The zero-order valence-electron chi connectivity index (χ0n) is 16.7. The number of rotatable bonds is 4. The molecule has 1 unspecified atom stereocenters. The number of aromatic nitrogens is 3. The van der Waals surface area contributed by atoms with Gasteiger partial charge in [-0.05, 0) is 49.9 Å². The first-order chi connectivity index (χ1) is 15.2. The van der Waals surface area contributed by atoms with Gasteiger partial charge < -0.3 is 10.2 Å². The molecule has 5 rings (SSSR count). The molecule has 2 fully saturated rings. The van der Waals surface area contributed by atoms with Gasteiger partial charge in [-0.15, -0.1) is 0 Å². The smallest absolute Gasteiger partial charge is 0.349 e. The van der Waals surface area contributed by atoms with Crippen molar-refractivity contribution in [3.63, 3.8) is 0 Å². The molecule has 2 aromatic heterocycles. The molecule has 0 spiro atoms. The Morgan fingerprint density at radius 1 is 1.19 bits per heavy atom. The second kappa shape index (κ2) is 7.14. The predicted molar refractivity (Wildman–Crippen MR) is 105 cm³/mol. The van der Waals surface area contributed by atoms with Gasteiger partial charge >= 0.3 is 6.18 Å². The average molecular weight is 451 g/mol. The highest BCUT2D eigenvalue weighted by Crippen LogP contribution is 2.58. The molecule has 3 aromatic rings. The van der Waals surface area contributed by atoms with Crippen LogP contribution in [-0.2, 0) is 4.79 Å². The standard InChI is InChI=1S/C21H18F5N5O/c22-12-3-4-14(23)13(10-12)16-2-1-8-30(16)17-5-9-31-18(29-17)15(11-27-31)28-19(32)20(6-7-20)21(24,25)26/h3-5,9-11,16H,1-2,6-8H2,(H,28,32). The van der Waals surface area contributed by atoms with Crippen molar-refractivity contribution >= 4 is 23.1 Å². The number of nitrogens with zero attached hydrogens (tertiary/aromatic N) is 4. The summed E-state index contributed by atoms with van der Waals surface area (Å²) in [5.41, 5.74) is -1.93. The Labute approximate surface area is 179 Å². The summed E-state index contributed by atoms with van der Waals surface area (Å²) in [6.45, 7) is 0.538. The first-order valence-electron chi connectivity index (χ1n) is 10.1. The van der Waals surface area contributed by atoms with Crippen molar-refractivity contribution < 1.29 is 26.7 Å². The normalized spacial score (nSPS) is 20.0. The van der Waals surface area contributed by atoms with Crippen molar-refractivity contribution in [2.24, 2.45) is 5.41 Å². The first-order valence-corrected chi connectivity index (χ1v) is 10.1. The average Bonchev–Trinajstić information content (AvgIpc) is 3.30. The number of nitrogens with one attached hydrogen (secondary N) is 1. The second-order valence-electron chi connectivity index (χ2n) is 8.16. The van der Waals surface area contributed by atoms with Crippen LogP contribution in [0, 0.1) is 17.0 Å². The van der Waals surface area contributed by atoms with Gasteiger partial charge in [-0.2, -0.15) is 18.3 Å². The highest BCUT2D eigenvalue weighted by Gasteiger charge is 2.68. The van der Waals surface area contributed by atoms with Crippen LogP contribution in [0.4, 0.5) is 33.5 Å². The molecule has 11 heteroatoms. The Morgan fingerprint density at radius 2 is 1.97 bits per heavy atom. The van der Waals surface area contributed by atoms with E-state index in [0.717, 1.165) is 24.6 Å². The van der Waals surface area contributed by atoms with Crippen LogP contribution in [0.1, 0.15) is 37.3 Å². The van der Waals surface area contributed by atoms with Gasteiger partial charge in [-0.3, -0.25) is 4.79 Å². The summed E-state index contributed by atoms with van der Waals surface area (Å²) in [5.74, 6) is -1.77. The number of carbonyl (C=O) groups excluding carboxylic acids is 1. The van der Waals surface area contributed by atoms with Crippen molar-refractivity contribution in [1.82, 2.24) is 14.6 Å². The lowest BCUT2D eigenvalue weighted by Gasteiger charge is -2.26. The van der Waals surface area contributed by atoms with E-state index in [1.54, 1.807) is 12.3 Å². The van der Waals surface area contributed by atoms with Gasteiger partial charge in [0.15, 0.2) is 5.65 Å². The third-order valence-corrected chi connectivity index (χ3v) is 6.19. The van der Waals surface area contributed by atoms with E-state index in [2.05, 4.69) is 15.4 Å². The van der Waals surface area contributed by atoms with E-state index in [1.165, 1.54) is 10.7 Å². The van der Waals surface area contributed by atoms with E-state index in [0.29, 0.717) is 18.8 Å². The zero-order chi connectivity index (χ0) is 22.7. The Kier molecular flexibility index (Phi) is 4.61. The number of anilines is 2. The minimum Gasteiger partial charge on any atom is -0.349 e. The van der Waals surface area contributed by atoms with Gasteiger partial charge in [-0.25, -0.2) is 18.3 Å². The summed E-state index contributed by atoms with van der Waals surface area (Å²) in [6.07, 6.45) is -1.03. The Balaban J connectivity index is 1.46. The largest absolute Gasteiger partial charge is 0.403 e. The van der Waals surface area contributed by atoms with Crippen LogP contribution in [0.15, 0.2) is 36.7 Å². The molecule has 1 saturated heterocycles. The molecule has 1 aliphatic carbocycles. The maximum atomic E-state index is 14.4. The maximum absolute atomic E-state index is 14.4. The van der Waals surface area contributed by atoms with Crippen molar-refractivity contribution in [3.05, 3.63) is 53.9 Å². The van der Waals surface area contributed by atoms with Crippen LogP contribution in [-0.4, -0.2) is 33.2 Å². The van der Waals surface area contributed by atoms with E-state index in [4.69, 9.17) is 0 Å². The molecule has 6 nitrogen and oxygen atoms in total. The lowest BCUT2D eigenvalue weighted by atomic mass is 10.0. The minimum absolute atomic E-state index is 0.0556. The lowest BCUT2D eigenvalue weighted by molar-refractivity contribution is -0.189. The highest BCUT2D eigenvalue weighted by atomic mass is 19.4. The van der Waals surface area contributed by atoms with Gasteiger partial charge in [0.2, 0.25) is 5.91 Å². The molecule has 0 bridgehead atoms. The third-order valence-electron chi connectivity index (χ3n) is 6.19. The first kappa shape index (κ1) is 20.7. The van der Waals surface area contributed by atoms with Gasteiger partial charge in [0.1, 0.15) is 28.6 Å². The number of fused-ring (bicyclic) bond motifs is 1. The van der Waals surface area contributed by atoms with Crippen molar-refractivity contribution in [3.8, 4) is 0 Å². The molecular weight excluding hydrogens is 433 g/mol. The van der Waals surface area contributed by atoms with Gasteiger partial charge in [-0.1, -0.05) is 0 Å². The monoisotopic (exact) mass is 451 g/mol. The summed E-state index contributed by atoms with van der Waals surface area (Å²) in [5, 5.41) is 6.36. The number of hydrogen-bond acceptors (Lipinski definition) is 4. The maximum Gasteiger partial charge on any atom is 0.403 e. The summed E-state index contributed by atoms with van der Waals surface area (Å²) >= 11 is 0. The van der Waals surface area contributed by atoms with E-state index < -0.39 is 35.2 Å². The molecular formula is C21H18F5N5O. The number of carbonyl (C=O) groups is 1. The van der Waals surface area contributed by atoms with Crippen LogP contribution in [0.2, 0.25) is 0 Å². The van der Waals surface area contributed by atoms with Crippen molar-refractivity contribution in [2.45, 2.75) is 37.9 Å². The molecule has 3 heterocycles. The second-order valence-corrected chi connectivity index (χ2v) is 8.16. The van der Waals surface area contributed by atoms with Gasteiger partial charge in [0, 0.05) is 18.3 Å². The third kappa shape index (κ3) is 3.26. The number of halogens is 5. The van der Waals surface area contributed by atoms with Crippen LogP contribution < -0.4 is 10.2 Å². The van der Waals surface area contributed by atoms with E-state index in [1.807, 2.05) is 4.90 Å². The predicted octanol–water partition coefficient (Wildman–Crippen LogP) is 4.63. The fourth-order valence-electron chi connectivity index (χ4n) is 4.25. The zero-order valence-corrected chi connectivity index (χ0v) is 16.7. The van der Waals surface area contributed by atoms with Crippen molar-refractivity contribution in [1.29, 1.82) is 0 Å². The molecule has 1 N–H and O–H groups in total. The summed E-state index contributed by atoms with van der Waals surface area (Å²) < 4.78 is 69.2. The molecule has 0 radical (unpaired) electrons. The number of hydrogen-bond donors (Lipinski definition) is 1. The lowest BCUT2D eigenvalue weighted by Crippen LogP contribution is -2.37. The van der Waals surface area contributed by atoms with E-state index in [9.17, 15) is 26.7 Å². The number of benzene rings is 1. The van der Waals surface area contributed by atoms with E-state index >= 15 is 0 Å². The molecule has 32 heavy (non-hydrogen) atoms. The van der Waals surface area contributed by atoms with Crippen LogP contribution >= 0.6 is 0 Å². The molecule has 1 atom stereocenters. The molecule has 2 aliphatic rings. The molecule has 1 aromatic carbocycles. The quantitative estimate of drug-likeness (QED) is 0.588. The number of amides is 1. The Morgan fingerprint density at radius 3 is 2.69 bits per heavy atom. The van der Waals surface area contributed by atoms with Gasteiger partial charge in [0.25, 0.3) is 0 Å². The molecule has 1 amide bonds. The van der Waals surface area contributed by atoms with Crippen LogP contribution in [0.3, 0.4) is 0 Å². The van der Waals surface area contributed by atoms with Crippen LogP contribution in [0.25, 0.3) is 5.65 Å². The molecule has 1 saturated carbocycles. The fourth-order valence-corrected chi connectivity index (χ4v) is 4.25. The van der Waals surface area contributed by atoms with Crippen LogP contribution in [0.5, 0.6) is 0 Å². The fraction of sp³-hybridized carbons (Fsp3) is 0.381. The highest BCUT2D eigenvalue weighted by molar-refractivity contribution is 6.00. The number of alkyl halides is 3. The Hall–Kier alpha value is -3.24. The summed E-state index contributed by atoms with van der Waals surface area (Å²) in [7, 11) is 0. The molecule has 168 valence electrons. The Bertz CT molecular complexity index is 1200. The topological polar surface area (TPSA) is 62.5 Å². The summed E-state index contributed by atoms with van der Waals surface area (Å²) in [6, 6.07) is 4.49. The minimum atomic E-state index is -4.63.